The minimum atomic E-state index is -5.02. The zero-order valence-electron chi connectivity index (χ0n) is 13.1. The van der Waals surface area contributed by atoms with E-state index in [0.29, 0.717) is 12.1 Å². The van der Waals surface area contributed by atoms with Gasteiger partial charge in [-0.15, -0.1) is 0 Å². The fourth-order valence-electron chi connectivity index (χ4n) is 2.04. The van der Waals surface area contributed by atoms with Crippen LogP contribution < -0.4 is 5.32 Å². The van der Waals surface area contributed by atoms with Crippen LogP contribution in [0.5, 0.6) is 0 Å². The molecule has 0 aliphatic heterocycles. The molecule has 1 amide bonds. The molecule has 0 radical (unpaired) electrons. The van der Waals surface area contributed by atoms with Crippen molar-refractivity contribution in [3.05, 3.63) is 34.9 Å². The first-order chi connectivity index (χ1) is 11.2. The maximum atomic E-state index is 12.7. The fraction of sp³-hybridized carbons (Fsp3) is 0.467. The lowest BCUT2D eigenvalue weighted by Gasteiger charge is -2.18. The fourth-order valence-corrected chi connectivity index (χ4v) is 2.04. The van der Waals surface area contributed by atoms with Crippen molar-refractivity contribution < 1.29 is 41.0 Å². The van der Waals surface area contributed by atoms with Crippen LogP contribution in [0.3, 0.4) is 0 Å². The summed E-state index contributed by atoms with van der Waals surface area (Å²) >= 11 is 0. The molecule has 0 unspecified atom stereocenters. The predicted octanol–water partition coefficient (Wildman–Crippen LogP) is 3.49. The van der Waals surface area contributed by atoms with E-state index in [1.165, 1.54) is 13.8 Å². The van der Waals surface area contributed by atoms with Gasteiger partial charge in [0.25, 0.3) is 0 Å². The molecule has 0 spiro atoms. The Morgan fingerprint density at radius 1 is 1.00 bits per heavy atom. The highest BCUT2D eigenvalue weighted by molar-refractivity contribution is 5.85. The van der Waals surface area contributed by atoms with Gasteiger partial charge < -0.3 is 10.4 Å². The summed E-state index contributed by atoms with van der Waals surface area (Å²) in [5.74, 6) is -2.87. The Morgan fingerprint density at radius 3 is 1.76 bits per heavy atom. The monoisotopic (exact) mass is 371 g/mol. The van der Waals surface area contributed by atoms with Crippen LogP contribution in [0.4, 0.5) is 26.3 Å². The average Bonchev–Trinajstić information content (AvgIpc) is 2.41. The average molecular weight is 371 g/mol. The van der Waals surface area contributed by atoms with Crippen LogP contribution in [0.2, 0.25) is 0 Å². The number of hydrogen-bond acceptors (Lipinski definition) is 2. The van der Waals surface area contributed by atoms with Gasteiger partial charge in [0, 0.05) is 0 Å². The van der Waals surface area contributed by atoms with Crippen LogP contribution in [0.1, 0.15) is 30.5 Å². The van der Waals surface area contributed by atoms with Crippen molar-refractivity contribution in [2.45, 2.75) is 38.7 Å². The van der Waals surface area contributed by atoms with Crippen molar-refractivity contribution in [3.63, 3.8) is 0 Å². The normalized spacial score (nSPS) is 13.6. The summed E-state index contributed by atoms with van der Waals surface area (Å²) in [6.07, 6.45) is -10.9. The first-order valence-corrected chi connectivity index (χ1v) is 7.02. The molecule has 0 saturated heterocycles. The number of rotatable bonds is 5. The second-order valence-electron chi connectivity index (χ2n) is 5.72. The van der Waals surface area contributed by atoms with Crippen molar-refractivity contribution in [3.8, 4) is 0 Å². The minimum absolute atomic E-state index is 0.0461. The number of amides is 1. The molecular weight excluding hydrogens is 356 g/mol. The zero-order chi connectivity index (χ0) is 19.6. The number of nitrogens with one attached hydrogen (secondary N) is 1. The maximum absolute atomic E-state index is 12.7. The van der Waals surface area contributed by atoms with E-state index in [-0.39, 0.29) is 6.07 Å². The van der Waals surface area contributed by atoms with Crippen LogP contribution in [0.25, 0.3) is 0 Å². The Kier molecular flexibility index (Phi) is 6.09. The van der Waals surface area contributed by atoms with Crippen LogP contribution in [0, 0.1) is 5.92 Å². The molecule has 0 bridgehead atoms. The van der Waals surface area contributed by atoms with Crippen LogP contribution in [0.15, 0.2) is 18.2 Å². The minimum Gasteiger partial charge on any atom is -0.480 e. The van der Waals surface area contributed by atoms with E-state index >= 15 is 0 Å². The number of alkyl halides is 6. The molecule has 0 heterocycles. The Morgan fingerprint density at radius 2 is 1.44 bits per heavy atom. The molecule has 0 saturated carbocycles. The highest BCUT2D eigenvalue weighted by Crippen LogP contribution is 2.36. The van der Waals surface area contributed by atoms with E-state index < -0.39 is 59.3 Å². The lowest BCUT2D eigenvalue weighted by molar-refractivity contribution is -0.143. The molecule has 0 aromatic heterocycles. The van der Waals surface area contributed by atoms with E-state index in [2.05, 4.69) is 5.32 Å². The van der Waals surface area contributed by atoms with E-state index in [4.69, 9.17) is 5.11 Å². The largest absolute Gasteiger partial charge is 0.480 e. The predicted molar refractivity (Wildman–Crippen MR) is 74.6 cm³/mol. The summed E-state index contributed by atoms with van der Waals surface area (Å²) in [5, 5.41) is 11.0. The van der Waals surface area contributed by atoms with Gasteiger partial charge in [0.2, 0.25) is 5.91 Å². The first kappa shape index (κ1) is 20.8. The summed E-state index contributed by atoms with van der Waals surface area (Å²) in [6, 6.07) is -0.490. The van der Waals surface area contributed by atoms with Gasteiger partial charge in [-0.1, -0.05) is 13.8 Å². The highest BCUT2D eigenvalue weighted by atomic mass is 19.4. The molecule has 140 valence electrons. The molecule has 1 aromatic carbocycles. The lowest BCUT2D eigenvalue weighted by atomic mass is 10.0. The third-order valence-electron chi connectivity index (χ3n) is 3.26. The summed E-state index contributed by atoms with van der Waals surface area (Å²) in [4.78, 5) is 22.8. The van der Waals surface area contributed by atoms with Gasteiger partial charge >= 0.3 is 18.3 Å². The van der Waals surface area contributed by atoms with Gasteiger partial charge in [-0.05, 0) is 29.7 Å². The number of halogens is 6. The Bertz CT molecular complexity index is 619. The highest BCUT2D eigenvalue weighted by Gasteiger charge is 2.37. The second-order valence-corrected chi connectivity index (χ2v) is 5.72. The van der Waals surface area contributed by atoms with Crippen molar-refractivity contribution >= 4 is 11.9 Å². The first-order valence-electron chi connectivity index (χ1n) is 7.02. The Labute approximate surface area is 138 Å². The number of carbonyl (C=O) groups is 2. The van der Waals surface area contributed by atoms with Crippen molar-refractivity contribution in [2.24, 2.45) is 5.92 Å². The lowest BCUT2D eigenvalue weighted by Crippen LogP contribution is -2.44. The van der Waals surface area contributed by atoms with E-state index in [1.54, 1.807) is 0 Å². The summed E-state index contributed by atoms with van der Waals surface area (Å²) < 4.78 is 76.5. The van der Waals surface area contributed by atoms with Crippen molar-refractivity contribution in [1.82, 2.24) is 5.32 Å². The standard InChI is InChI=1S/C15H15F6NO3/c1-7(2)12(13(24)25)22-11(23)5-8-3-9(14(16,17)18)6-10(4-8)15(19,20)21/h3-4,6-7,12H,5H2,1-2H3,(H,22,23)(H,24,25)/t12-/m1/s1. The van der Waals surface area contributed by atoms with E-state index in [0.717, 1.165) is 0 Å². The quantitative estimate of drug-likeness (QED) is 0.779. The summed E-state index contributed by atoms with van der Waals surface area (Å²) in [7, 11) is 0. The molecule has 0 aliphatic carbocycles. The molecule has 0 fully saturated rings. The zero-order valence-corrected chi connectivity index (χ0v) is 13.1. The molecule has 0 aliphatic rings. The molecule has 1 rings (SSSR count). The van der Waals surface area contributed by atoms with Gasteiger partial charge in [0.1, 0.15) is 6.04 Å². The molecule has 25 heavy (non-hydrogen) atoms. The molecule has 1 aromatic rings. The number of carbonyl (C=O) groups excluding carboxylic acids is 1. The van der Waals surface area contributed by atoms with Crippen molar-refractivity contribution in [2.75, 3.05) is 0 Å². The Balaban J connectivity index is 3.12. The number of aliphatic carboxylic acids is 1. The number of carboxylic acids is 1. The Hall–Kier alpha value is -2.26. The van der Waals surface area contributed by atoms with Crippen LogP contribution in [-0.2, 0) is 28.4 Å². The number of benzene rings is 1. The molecule has 1 atom stereocenters. The SMILES string of the molecule is CC(C)[C@@H](NC(=O)Cc1cc(C(F)(F)F)cc(C(F)(F)F)c1)C(=O)O. The van der Waals surface area contributed by atoms with Crippen LogP contribution >= 0.6 is 0 Å². The molecule has 4 nitrogen and oxygen atoms in total. The molecule has 2 N–H and O–H groups in total. The molecule has 10 heteroatoms. The van der Waals surface area contributed by atoms with Crippen molar-refractivity contribution in [1.29, 1.82) is 0 Å². The summed E-state index contributed by atoms with van der Waals surface area (Å²) in [5.41, 5.74) is -3.60. The smallest absolute Gasteiger partial charge is 0.416 e. The van der Waals surface area contributed by atoms with Gasteiger partial charge in [0.05, 0.1) is 17.5 Å². The van der Waals surface area contributed by atoms with E-state index in [9.17, 15) is 35.9 Å². The van der Waals surface area contributed by atoms with Crippen LogP contribution in [-0.4, -0.2) is 23.0 Å². The topological polar surface area (TPSA) is 66.4 Å². The van der Waals surface area contributed by atoms with Gasteiger partial charge in [0.15, 0.2) is 0 Å². The van der Waals surface area contributed by atoms with Gasteiger partial charge in [-0.25, -0.2) is 4.79 Å². The molecular formula is C15H15F6NO3. The third kappa shape index (κ3) is 5.95. The van der Waals surface area contributed by atoms with Gasteiger partial charge in [-0.2, -0.15) is 26.3 Å². The van der Waals surface area contributed by atoms with E-state index in [1.807, 2.05) is 0 Å². The third-order valence-corrected chi connectivity index (χ3v) is 3.26. The number of hydrogen-bond donors (Lipinski definition) is 2. The maximum Gasteiger partial charge on any atom is 0.416 e. The summed E-state index contributed by atoms with van der Waals surface area (Å²) in [6.45, 7) is 2.98. The van der Waals surface area contributed by atoms with Gasteiger partial charge in [-0.3, -0.25) is 4.79 Å². The second kappa shape index (κ2) is 7.32. The number of carboxylic acid groups (broad SMARTS) is 1.